The second kappa shape index (κ2) is 8.65. The van der Waals surface area contributed by atoms with Gasteiger partial charge in [-0.25, -0.2) is 9.18 Å². The molecule has 0 saturated carbocycles. The van der Waals surface area contributed by atoms with E-state index in [1.165, 1.54) is 35.2 Å². The second-order valence-electron chi connectivity index (χ2n) is 8.30. The number of rotatable bonds is 3. The summed E-state index contributed by atoms with van der Waals surface area (Å²) in [5.41, 5.74) is 1.92. The van der Waals surface area contributed by atoms with Crippen LogP contribution in [0.25, 0.3) is 10.9 Å². The molecule has 180 valence electrons. The van der Waals surface area contributed by atoms with Gasteiger partial charge in [-0.3, -0.25) is 0 Å². The highest BCUT2D eigenvalue weighted by atomic mass is 19.4. The lowest BCUT2D eigenvalue weighted by molar-refractivity contribution is -0.136. The molecule has 1 aromatic heterocycles. The van der Waals surface area contributed by atoms with Gasteiger partial charge in [-0.15, -0.1) is 0 Å². The number of methoxy groups -OCH3 is 1. The molecule has 9 heteroatoms. The number of para-hydroxylation sites is 1. The normalized spacial score (nSPS) is 15.7. The van der Waals surface area contributed by atoms with Crippen LogP contribution in [0.3, 0.4) is 0 Å². The van der Waals surface area contributed by atoms with Crippen molar-refractivity contribution in [1.29, 1.82) is 0 Å². The Morgan fingerprint density at radius 1 is 1.09 bits per heavy atom. The van der Waals surface area contributed by atoms with Crippen LogP contribution in [0.1, 0.15) is 28.4 Å². The van der Waals surface area contributed by atoms with E-state index in [0.29, 0.717) is 17.7 Å². The zero-order valence-electron chi connectivity index (χ0n) is 18.6. The molecule has 0 saturated heterocycles. The first-order valence-corrected chi connectivity index (χ1v) is 10.9. The fourth-order valence-electron chi connectivity index (χ4n) is 4.63. The molecule has 0 bridgehead atoms. The van der Waals surface area contributed by atoms with Crippen molar-refractivity contribution in [3.05, 3.63) is 94.9 Å². The van der Waals surface area contributed by atoms with Crippen molar-refractivity contribution in [2.45, 2.75) is 18.6 Å². The number of aromatic nitrogens is 1. The van der Waals surface area contributed by atoms with E-state index in [1.807, 2.05) is 18.2 Å². The lowest BCUT2D eigenvalue weighted by Gasteiger charge is -2.36. The highest BCUT2D eigenvalue weighted by Crippen LogP contribution is 2.40. The largest absolute Gasteiger partial charge is 0.497 e. The number of carbonyl (C=O) groups excluding carboxylic acids is 1. The van der Waals surface area contributed by atoms with Crippen LogP contribution in [0.15, 0.2) is 66.7 Å². The Hall–Kier alpha value is -4.01. The monoisotopic (exact) mass is 483 g/mol. The van der Waals surface area contributed by atoms with Crippen LogP contribution in [-0.2, 0) is 12.6 Å². The van der Waals surface area contributed by atoms with Crippen molar-refractivity contribution in [3.63, 3.8) is 0 Å². The number of benzene rings is 3. The third-order valence-corrected chi connectivity index (χ3v) is 6.25. The van der Waals surface area contributed by atoms with Crippen molar-refractivity contribution in [2.75, 3.05) is 19.0 Å². The van der Waals surface area contributed by atoms with E-state index >= 15 is 0 Å². The molecule has 1 aliphatic heterocycles. The number of hydrogen-bond acceptors (Lipinski definition) is 2. The standard InChI is InChI=1S/C26H21F4N3O2/c1-35-17-10-11-21-19(14-17)18-12-13-33(24(23(18)31-21)15-6-8-16(27)9-7-15)25(34)32-22-5-3-2-4-20(22)26(28,29)30/h2-11,14,24,31H,12-13H2,1H3,(H,32,34)/t24-/m0/s1. The zero-order valence-corrected chi connectivity index (χ0v) is 18.6. The van der Waals surface area contributed by atoms with Crippen LogP contribution >= 0.6 is 0 Å². The SMILES string of the molecule is COc1ccc2[nH]c3c(c2c1)CCN(C(=O)Nc1ccccc1C(F)(F)F)[C@H]3c1ccc(F)cc1. The quantitative estimate of drug-likeness (QED) is 0.326. The highest BCUT2D eigenvalue weighted by Gasteiger charge is 2.37. The minimum absolute atomic E-state index is 0.249. The third-order valence-electron chi connectivity index (χ3n) is 6.25. The maximum absolute atomic E-state index is 13.7. The molecule has 0 aliphatic carbocycles. The van der Waals surface area contributed by atoms with E-state index in [-0.39, 0.29) is 12.2 Å². The van der Waals surface area contributed by atoms with Crippen LogP contribution in [0.4, 0.5) is 28.0 Å². The van der Waals surface area contributed by atoms with Gasteiger partial charge in [0.25, 0.3) is 0 Å². The number of nitrogens with zero attached hydrogens (tertiary/aromatic N) is 1. The van der Waals surface area contributed by atoms with Gasteiger partial charge in [-0.05, 0) is 60.0 Å². The molecule has 2 N–H and O–H groups in total. The predicted octanol–water partition coefficient (Wildman–Crippen LogP) is 6.51. The second-order valence-corrected chi connectivity index (χ2v) is 8.30. The number of hydrogen-bond donors (Lipinski definition) is 2. The van der Waals surface area contributed by atoms with Crippen LogP contribution in [0.2, 0.25) is 0 Å². The Balaban J connectivity index is 1.58. The summed E-state index contributed by atoms with van der Waals surface area (Å²) in [7, 11) is 1.58. The number of H-pyrrole nitrogens is 1. The number of urea groups is 1. The van der Waals surface area contributed by atoms with Gasteiger partial charge in [0.05, 0.1) is 24.4 Å². The van der Waals surface area contributed by atoms with E-state index in [0.717, 1.165) is 28.2 Å². The topological polar surface area (TPSA) is 57.4 Å². The van der Waals surface area contributed by atoms with Crippen molar-refractivity contribution < 1.29 is 27.1 Å². The third kappa shape index (κ3) is 4.18. The van der Waals surface area contributed by atoms with Crippen LogP contribution in [0.5, 0.6) is 5.75 Å². The average Bonchev–Trinajstić information content (AvgIpc) is 3.21. The van der Waals surface area contributed by atoms with E-state index in [2.05, 4.69) is 10.3 Å². The lowest BCUT2D eigenvalue weighted by atomic mass is 9.92. The first-order chi connectivity index (χ1) is 16.8. The summed E-state index contributed by atoms with van der Waals surface area (Å²) >= 11 is 0. The molecule has 3 aromatic carbocycles. The molecule has 5 nitrogen and oxygen atoms in total. The molecule has 4 aromatic rings. The smallest absolute Gasteiger partial charge is 0.418 e. The summed E-state index contributed by atoms with van der Waals surface area (Å²) in [6.45, 7) is 0.249. The Morgan fingerprint density at radius 2 is 1.83 bits per heavy atom. The van der Waals surface area contributed by atoms with Crippen molar-refractivity contribution in [1.82, 2.24) is 9.88 Å². The lowest BCUT2D eigenvalue weighted by Crippen LogP contribution is -2.43. The summed E-state index contributed by atoms with van der Waals surface area (Å²) in [4.78, 5) is 18.2. The summed E-state index contributed by atoms with van der Waals surface area (Å²) in [6.07, 6.45) is -4.14. The van der Waals surface area contributed by atoms with E-state index in [9.17, 15) is 22.4 Å². The van der Waals surface area contributed by atoms with Crippen LogP contribution < -0.4 is 10.1 Å². The maximum Gasteiger partial charge on any atom is 0.418 e. The Bertz CT molecular complexity index is 1400. The number of ether oxygens (including phenoxy) is 1. The van der Waals surface area contributed by atoms with E-state index < -0.39 is 29.6 Å². The van der Waals surface area contributed by atoms with Gasteiger partial charge in [-0.1, -0.05) is 24.3 Å². The molecule has 0 fully saturated rings. The number of nitrogens with one attached hydrogen (secondary N) is 2. The molecule has 0 unspecified atom stereocenters. The molecule has 2 heterocycles. The summed E-state index contributed by atoms with van der Waals surface area (Å²) in [6, 6.07) is 14.8. The fourth-order valence-corrected chi connectivity index (χ4v) is 4.63. The Labute approximate surface area is 198 Å². The van der Waals surface area contributed by atoms with Gasteiger partial charge >= 0.3 is 12.2 Å². The average molecular weight is 483 g/mol. The van der Waals surface area contributed by atoms with Crippen molar-refractivity contribution in [3.8, 4) is 5.75 Å². The first-order valence-electron chi connectivity index (χ1n) is 10.9. The molecule has 0 radical (unpaired) electrons. The number of amides is 2. The Morgan fingerprint density at radius 3 is 2.54 bits per heavy atom. The van der Waals surface area contributed by atoms with Crippen molar-refractivity contribution in [2.24, 2.45) is 0 Å². The number of halogens is 4. The molecule has 2 amide bonds. The van der Waals surface area contributed by atoms with Crippen LogP contribution in [0, 0.1) is 5.82 Å². The maximum atomic E-state index is 13.7. The first kappa shape index (κ1) is 22.8. The predicted molar refractivity (Wildman–Crippen MR) is 124 cm³/mol. The van der Waals surface area contributed by atoms with Gasteiger partial charge in [-0.2, -0.15) is 13.2 Å². The molecular formula is C26H21F4N3O2. The molecule has 0 spiro atoms. The van der Waals surface area contributed by atoms with Gasteiger partial charge in [0.2, 0.25) is 0 Å². The summed E-state index contributed by atoms with van der Waals surface area (Å²) in [5, 5.41) is 3.38. The minimum atomic E-state index is -4.62. The molecule has 1 aliphatic rings. The van der Waals surface area contributed by atoms with Gasteiger partial charge in [0.15, 0.2) is 0 Å². The van der Waals surface area contributed by atoms with Crippen LogP contribution in [-0.4, -0.2) is 29.6 Å². The molecular weight excluding hydrogens is 462 g/mol. The number of alkyl halides is 3. The van der Waals surface area contributed by atoms with Crippen molar-refractivity contribution >= 4 is 22.6 Å². The molecule has 1 atom stereocenters. The van der Waals surface area contributed by atoms with E-state index in [1.54, 1.807) is 19.2 Å². The number of fused-ring (bicyclic) bond motifs is 3. The van der Waals surface area contributed by atoms with E-state index in [4.69, 9.17) is 4.74 Å². The summed E-state index contributed by atoms with van der Waals surface area (Å²) in [5.74, 6) is 0.253. The van der Waals surface area contributed by atoms with Gasteiger partial charge in [0, 0.05) is 23.1 Å². The molecule has 35 heavy (non-hydrogen) atoms. The van der Waals surface area contributed by atoms with Gasteiger partial charge in [0.1, 0.15) is 11.6 Å². The number of anilines is 1. The highest BCUT2D eigenvalue weighted by molar-refractivity contribution is 5.92. The fraction of sp³-hybridized carbons (Fsp3) is 0.192. The number of aromatic amines is 1. The van der Waals surface area contributed by atoms with Gasteiger partial charge < -0.3 is 19.9 Å². The minimum Gasteiger partial charge on any atom is -0.497 e. The molecule has 5 rings (SSSR count). The summed E-state index contributed by atoms with van der Waals surface area (Å²) < 4.78 is 59.5. The Kier molecular flexibility index (Phi) is 5.62. The number of carbonyl (C=O) groups is 1. The zero-order chi connectivity index (χ0) is 24.7.